The summed E-state index contributed by atoms with van der Waals surface area (Å²) in [7, 11) is 0. The molecule has 4 amide bonds. The van der Waals surface area contributed by atoms with Gasteiger partial charge in [-0.25, -0.2) is 0 Å². The number of amides is 4. The molecular weight excluding hydrogens is 417 g/mol. The number of nitrogens with one attached hydrogen (secondary N) is 3. The number of alkyl halides is 3. The maximum Gasteiger partial charge on any atom is 0.393 e. The number of carbonyl (C=O) groups is 4. The van der Waals surface area contributed by atoms with Gasteiger partial charge in [-0.05, 0) is 30.5 Å². The number of hydrogen-bond donors (Lipinski definition) is 3. The Morgan fingerprint density at radius 2 is 1.84 bits per heavy atom. The van der Waals surface area contributed by atoms with Crippen LogP contribution >= 0.6 is 0 Å². The summed E-state index contributed by atoms with van der Waals surface area (Å²) in [4.78, 5) is 49.8. The van der Waals surface area contributed by atoms with Gasteiger partial charge in [0.15, 0.2) is 0 Å². The largest absolute Gasteiger partial charge is 0.393 e. The molecule has 166 valence electrons. The number of imide groups is 2. The smallest absolute Gasteiger partial charge is 0.312 e. The lowest BCUT2D eigenvalue weighted by Crippen LogP contribution is -2.54. The zero-order valence-electron chi connectivity index (χ0n) is 16.4. The summed E-state index contributed by atoms with van der Waals surface area (Å²) in [6.45, 7) is 0.544. The van der Waals surface area contributed by atoms with E-state index in [-0.39, 0.29) is 43.0 Å². The molecule has 8 nitrogen and oxygen atoms in total. The van der Waals surface area contributed by atoms with Crippen molar-refractivity contribution in [1.29, 1.82) is 0 Å². The molecule has 3 N–H and O–H groups in total. The lowest BCUT2D eigenvalue weighted by atomic mass is 10.0. The van der Waals surface area contributed by atoms with Crippen molar-refractivity contribution < 1.29 is 32.3 Å². The summed E-state index contributed by atoms with van der Waals surface area (Å²) in [6.07, 6.45) is -4.07. The van der Waals surface area contributed by atoms with Crippen LogP contribution in [-0.2, 0) is 16.1 Å². The van der Waals surface area contributed by atoms with E-state index in [0.717, 1.165) is 4.90 Å². The van der Waals surface area contributed by atoms with Gasteiger partial charge in [0.05, 0.1) is 17.0 Å². The molecule has 31 heavy (non-hydrogen) atoms. The van der Waals surface area contributed by atoms with Crippen LogP contribution in [0, 0.1) is 5.92 Å². The van der Waals surface area contributed by atoms with Gasteiger partial charge in [0, 0.05) is 32.1 Å². The predicted molar refractivity (Wildman–Crippen MR) is 101 cm³/mol. The third-order valence-corrected chi connectivity index (χ3v) is 5.91. The third-order valence-electron chi connectivity index (χ3n) is 5.91. The molecule has 3 heterocycles. The van der Waals surface area contributed by atoms with Crippen molar-refractivity contribution in [2.45, 2.75) is 44.1 Å². The van der Waals surface area contributed by atoms with Crippen LogP contribution in [-0.4, -0.2) is 59.9 Å². The van der Waals surface area contributed by atoms with E-state index in [1.165, 1.54) is 6.07 Å². The van der Waals surface area contributed by atoms with E-state index in [0.29, 0.717) is 18.7 Å². The molecule has 3 aliphatic heterocycles. The first-order chi connectivity index (χ1) is 14.6. The first kappa shape index (κ1) is 21.4. The Kier molecular flexibility index (Phi) is 5.56. The summed E-state index contributed by atoms with van der Waals surface area (Å²) >= 11 is 0. The maximum absolute atomic E-state index is 12.8. The molecule has 0 radical (unpaired) electrons. The van der Waals surface area contributed by atoms with Crippen molar-refractivity contribution in [2.75, 3.05) is 13.1 Å². The highest BCUT2D eigenvalue weighted by Crippen LogP contribution is 2.32. The van der Waals surface area contributed by atoms with Gasteiger partial charge in [-0.1, -0.05) is 6.07 Å². The van der Waals surface area contributed by atoms with Gasteiger partial charge < -0.3 is 10.6 Å². The number of piperidine rings is 1. The van der Waals surface area contributed by atoms with Crippen LogP contribution < -0.4 is 16.0 Å². The number of carbonyl (C=O) groups excluding carboxylic acids is 4. The van der Waals surface area contributed by atoms with Gasteiger partial charge in [-0.2, -0.15) is 13.2 Å². The number of benzene rings is 1. The van der Waals surface area contributed by atoms with Gasteiger partial charge in [0.2, 0.25) is 11.8 Å². The molecule has 0 saturated carbocycles. The minimum Gasteiger partial charge on any atom is -0.312 e. The molecule has 2 saturated heterocycles. The monoisotopic (exact) mass is 438 g/mol. The van der Waals surface area contributed by atoms with Crippen LogP contribution in [0.25, 0.3) is 0 Å². The minimum absolute atomic E-state index is 0.00852. The van der Waals surface area contributed by atoms with Crippen molar-refractivity contribution in [3.05, 3.63) is 34.9 Å². The van der Waals surface area contributed by atoms with Crippen molar-refractivity contribution in [3.8, 4) is 0 Å². The van der Waals surface area contributed by atoms with Crippen molar-refractivity contribution in [1.82, 2.24) is 20.9 Å². The molecule has 1 aromatic carbocycles. The Morgan fingerprint density at radius 3 is 2.52 bits per heavy atom. The number of nitrogens with zero attached hydrogens (tertiary/aromatic N) is 1. The number of fused-ring (bicyclic) bond motifs is 1. The van der Waals surface area contributed by atoms with Crippen LogP contribution in [0.15, 0.2) is 18.2 Å². The average molecular weight is 438 g/mol. The molecule has 1 unspecified atom stereocenters. The molecule has 3 aliphatic rings. The van der Waals surface area contributed by atoms with Crippen LogP contribution in [0.1, 0.15) is 45.5 Å². The molecule has 0 spiro atoms. The van der Waals surface area contributed by atoms with Crippen LogP contribution in [0.4, 0.5) is 13.2 Å². The van der Waals surface area contributed by atoms with E-state index in [2.05, 4.69) is 16.0 Å². The van der Waals surface area contributed by atoms with Gasteiger partial charge in [-0.3, -0.25) is 29.4 Å². The highest BCUT2D eigenvalue weighted by molar-refractivity contribution is 6.23. The topological polar surface area (TPSA) is 108 Å². The highest BCUT2D eigenvalue weighted by Gasteiger charge is 2.45. The summed E-state index contributed by atoms with van der Waals surface area (Å²) in [5, 5.41) is 8.07. The van der Waals surface area contributed by atoms with Crippen LogP contribution in [0.2, 0.25) is 0 Å². The maximum atomic E-state index is 12.8. The average Bonchev–Trinajstić information content (AvgIpc) is 3.27. The summed E-state index contributed by atoms with van der Waals surface area (Å²) in [5.74, 6) is -3.64. The van der Waals surface area contributed by atoms with Gasteiger partial charge >= 0.3 is 6.18 Å². The second-order valence-corrected chi connectivity index (χ2v) is 8.04. The number of hydrogen-bond acceptors (Lipinski definition) is 6. The molecule has 0 bridgehead atoms. The fraction of sp³-hybridized carbons (Fsp3) is 0.500. The quantitative estimate of drug-likeness (QED) is 0.585. The number of halogens is 3. The third kappa shape index (κ3) is 4.19. The highest BCUT2D eigenvalue weighted by atomic mass is 19.4. The van der Waals surface area contributed by atoms with E-state index in [4.69, 9.17) is 0 Å². The van der Waals surface area contributed by atoms with E-state index in [9.17, 15) is 32.3 Å². The van der Waals surface area contributed by atoms with E-state index < -0.39 is 41.8 Å². The van der Waals surface area contributed by atoms with Crippen molar-refractivity contribution in [2.24, 2.45) is 5.92 Å². The normalized spacial score (nSPS) is 26.4. The zero-order chi connectivity index (χ0) is 22.3. The number of rotatable bonds is 5. The Hall–Kier alpha value is -2.79. The minimum atomic E-state index is -4.21. The lowest BCUT2D eigenvalue weighted by Gasteiger charge is -2.27. The van der Waals surface area contributed by atoms with E-state index in [1.54, 1.807) is 12.1 Å². The Morgan fingerprint density at radius 1 is 1.10 bits per heavy atom. The standard InChI is InChI=1S/C20H21F3N4O4/c21-20(22,23)11-6-12(25-8-11)9-24-7-10-1-2-13-14(5-10)19(31)27(18(13)30)15-3-4-16(28)26-17(15)29/h1-2,5,11-12,15,24-25H,3-4,6-9H2,(H,26,28,29)/t11-,12-,15?/m0/s1. The van der Waals surface area contributed by atoms with Crippen LogP contribution in [0.5, 0.6) is 0 Å². The lowest BCUT2D eigenvalue weighted by molar-refractivity contribution is -0.169. The second-order valence-electron chi connectivity index (χ2n) is 8.04. The van der Waals surface area contributed by atoms with Crippen LogP contribution in [0.3, 0.4) is 0 Å². The molecule has 3 atom stereocenters. The van der Waals surface area contributed by atoms with Gasteiger partial charge in [-0.15, -0.1) is 0 Å². The first-order valence-corrected chi connectivity index (χ1v) is 10.0. The molecule has 0 aromatic heterocycles. The zero-order valence-corrected chi connectivity index (χ0v) is 16.4. The Balaban J connectivity index is 1.37. The summed E-state index contributed by atoms with van der Waals surface area (Å²) in [5.41, 5.74) is 1.05. The Labute approximate surface area is 175 Å². The summed E-state index contributed by atoms with van der Waals surface area (Å²) in [6, 6.07) is 3.39. The molecule has 2 fully saturated rings. The van der Waals surface area contributed by atoms with Gasteiger partial charge in [0.1, 0.15) is 6.04 Å². The van der Waals surface area contributed by atoms with Crippen molar-refractivity contribution >= 4 is 23.6 Å². The van der Waals surface area contributed by atoms with Gasteiger partial charge in [0.25, 0.3) is 11.8 Å². The predicted octanol–water partition coefficient (Wildman–Crippen LogP) is 0.718. The Bertz CT molecular complexity index is 949. The second kappa shape index (κ2) is 8.04. The fourth-order valence-corrected chi connectivity index (χ4v) is 4.24. The molecule has 0 aliphatic carbocycles. The SMILES string of the molecule is O=C1CCC(N2C(=O)c3ccc(CNC[C@@H]4C[C@H](C(F)(F)F)CN4)cc3C2=O)C(=O)N1. The van der Waals surface area contributed by atoms with E-state index in [1.807, 2.05) is 0 Å². The molecular formula is C20H21F3N4O4. The first-order valence-electron chi connectivity index (χ1n) is 10.0. The fourth-order valence-electron chi connectivity index (χ4n) is 4.24. The summed E-state index contributed by atoms with van der Waals surface area (Å²) < 4.78 is 38.3. The molecule has 4 rings (SSSR count). The van der Waals surface area contributed by atoms with Crippen molar-refractivity contribution in [3.63, 3.8) is 0 Å². The molecule has 1 aromatic rings. The molecule has 11 heteroatoms. The van der Waals surface area contributed by atoms with E-state index >= 15 is 0 Å².